The molecule has 3 rings (SSSR count). The first kappa shape index (κ1) is 11.5. The zero-order valence-corrected chi connectivity index (χ0v) is 10.4. The Balaban J connectivity index is 1.95. The number of imidazole rings is 1. The fourth-order valence-electron chi connectivity index (χ4n) is 1.87. The van der Waals surface area contributed by atoms with Crippen LogP contribution in [0.3, 0.4) is 0 Å². The highest BCUT2D eigenvalue weighted by atomic mass is 16.5. The lowest BCUT2D eigenvalue weighted by molar-refractivity contribution is 0.220. The molecule has 0 amide bonds. The van der Waals surface area contributed by atoms with Crippen molar-refractivity contribution in [2.24, 2.45) is 0 Å². The summed E-state index contributed by atoms with van der Waals surface area (Å²) < 4.78 is 5.85. The molecule has 2 aromatic heterocycles. The number of fused-ring (bicyclic) bond motifs is 1. The second-order valence-corrected chi connectivity index (χ2v) is 4.16. The Kier molecular flexibility index (Phi) is 2.75. The lowest BCUT2D eigenvalue weighted by atomic mass is 10.1. The van der Waals surface area contributed by atoms with Crippen LogP contribution in [-0.2, 0) is 0 Å². The van der Waals surface area contributed by atoms with Crippen molar-refractivity contribution in [1.29, 1.82) is 0 Å². The minimum Gasteiger partial charge on any atom is -0.468 e. The minimum absolute atomic E-state index is 0.137. The average Bonchev–Trinajstić information content (AvgIpc) is 2.88. The normalized spacial score (nSPS) is 12.5. The van der Waals surface area contributed by atoms with E-state index in [9.17, 15) is 0 Å². The summed E-state index contributed by atoms with van der Waals surface area (Å²) in [6, 6.07) is 9.90. The average molecular weight is 255 g/mol. The SMILES string of the molecule is CC(Oc1nc(N)nc2nc[nH]c12)c1ccccc1. The predicted octanol–water partition coefficient (Wildman–Crippen LogP) is 2.08. The summed E-state index contributed by atoms with van der Waals surface area (Å²) in [5, 5.41) is 0. The zero-order valence-electron chi connectivity index (χ0n) is 10.4. The second-order valence-electron chi connectivity index (χ2n) is 4.16. The number of nitrogens with zero attached hydrogens (tertiary/aromatic N) is 3. The van der Waals surface area contributed by atoms with Crippen LogP contribution in [0.25, 0.3) is 11.2 Å². The first-order valence-corrected chi connectivity index (χ1v) is 5.92. The van der Waals surface area contributed by atoms with Gasteiger partial charge in [-0.25, -0.2) is 4.98 Å². The summed E-state index contributed by atoms with van der Waals surface area (Å²) in [5.41, 5.74) is 7.86. The molecule has 3 N–H and O–H groups in total. The van der Waals surface area contributed by atoms with Crippen LogP contribution < -0.4 is 10.5 Å². The molecule has 0 radical (unpaired) electrons. The van der Waals surface area contributed by atoms with Gasteiger partial charge in [-0.15, -0.1) is 0 Å². The number of nitrogen functional groups attached to an aromatic ring is 1. The summed E-state index contributed by atoms with van der Waals surface area (Å²) >= 11 is 0. The summed E-state index contributed by atoms with van der Waals surface area (Å²) in [4.78, 5) is 15.1. The van der Waals surface area contributed by atoms with Crippen LogP contribution in [0, 0.1) is 0 Å². The molecule has 0 saturated carbocycles. The highest BCUT2D eigenvalue weighted by molar-refractivity contribution is 5.76. The molecule has 1 unspecified atom stereocenters. The number of H-pyrrole nitrogens is 1. The maximum absolute atomic E-state index is 5.85. The summed E-state index contributed by atoms with van der Waals surface area (Å²) in [6.07, 6.45) is 1.40. The number of rotatable bonds is 3. The minimum atomic E-state index is -0.137. The maximum Gasteiger partial charge on any atom is 0.245 e. The lowest BCUT2D eigenvalue weighted by Crippen LogP contribution is -2.06. The number of aromatic nitrogens is 4. The van der Waals surface area contributed by atoms with E-state index in [2.05, 4.69) is 19.9 Å². The molecule has 1 atom stereocenters. The Morgan fingerprint density at radius 3 is 2.79 bits per heavy atom. The van der Waals surface area contributed by atoms with Gasteiger partial charge in [-0.2, -0.15) is 9.97 Å². The van der Waals surface area contributed by atoms with Crippen LogP contribution in [0.4, 0.5) is 5.95 Å². The second kappa shape index (κ2) is 4.56. The Morgan fingerprint density at radius 2 is 2.00 bits per heavy atom. The fourth-order valence-corrected chi connectivity index (χ4v) is 1.87. The van der Waals surface area contributed by atoms with E-state index in [1.807, 2.05) is 37.3 Å². The molecule has 0 aliphatic carbocycles. The molecule has 3 aromatic rings. The van der Waals surface area contributed by atoms with Gasteiger partial charge in [-0.3, -0.25) is 0 Å². The van der Waals surface area contributed by atoms with Crippen LogP contribution in [0.5, 0.6) is 5.88 Å². The molecule has 6 heteroatoms. The molecule has 6 nitrogen and oxygen atoms in total. The van der Waals surface area contributed by atoms with Crippen molar-refractivity contribution in [2.45, 2.75) is 13.0 Å². The zero-order chi connectivity index (χ0) is 13.2. The van der Waals surface area contributed by atoms with Crippen molar-refractivity contribution in [2.75, 3.05) is 5.73 Å². The van der Waals surface area contributed by atoms with Crippen LogP contribution >= 0.6 is 0 Å². The van der Waals surface area contributed by atoms with Gasteiger partial charge < -0.3 is 15.5 Å². The highest BCUT2D eigenvalue weighted by Gasteiger charge is 2.13. The third-order valence-electron chi connectivity index (χ3n) is 2.83. The number of hydrogen-bond acceptors (Lipinski definition) is 5. The molecule has 0 aliphatic heterocycles. The van der Waals surface area contributed by atoms with Crippen LogP contribution in [0.1, 0.15) is 18.6 Å². The van der Waals surface area contributed by atoms with Crippen molar-refractivity contribution in [3.8, 4) is 5.88 Å². The standard InChI is InChI=1S/C13H13N5O/c1-8(9-5-3-2-4-6-9)19-12-10-11(16-7-15-10)17-13(14)18-12/h2-8H,1H3,(H3,14,15,16,17,18). The number of ether oxygens (including phenoxy) is 1. The van der Waals surface area contributed by atoms with Gasteiger partial charge in [-0.1, -0.05) is 30.3 Å². The molecule has 2 heterocycles. The third-order valence-corrected chi connectivity index (χ3v) is 2.83. The molecule has 0 aliphatic rings. The molecular weight excluding hydrogens is 242 g/mol. The third kappa shape index (κ3) is 2.20. The molecule has 0 spiro atoms. The van der Waals surface area contributed by atoms with E-state index in [-0.39, 0.29) is 12.1 Å². The van der Waals surface area contributed by atoms with Crippen molar-refractivity contribution in [1.82, 2.24) is 19.9 Å². The lowest BCUT2D eigenvalue weighted by Gasteiger charge is -2.14. The quantitative estimate of drug-likeness (QED) is 0.747. The van der Waals surface area contributed by atoms with Crippen molar-refractivity contribution >= 4 is 17.1 Å². The number of aromatic amines is 1. The van der Waals surface area contributed by atoms with Crippen LogP contribution in [-0.4, -0.2) is 19.9 Å². The maximum atomic E-state index is 5.85. The molecule has 0 saturated heterocycles. The molecule has 1 aromatic carbocycles. The van der Waals surface area contributed by atoms with E-state index in [0.717, 1.165) is 5.56 Å². The van der Waals surface area contributed by atoms with E-state index in [1.54, 1.807) is 6.33 Å². The van der Waals surface area contributed by atoms with Gasteiger partial charge in [0.25, 0.3) is 0 Å². The largest absolute Gasteiger partial charge is 0.468 e. The molecule has 96 valence electrons. The van der Waals surface area contributed by atoms with Gasteiger partial charge in [-0.05, 0) is 12.5 Å². The Labute approximate surface area is 109 Å². The van der Waals surface area contributed by atoms with Crippen molar-refractivity contribution < 1.29 is 4.74 Å². The number of nitrogens with one attached hydrogen (secondary N) is 1. The van der Waals surface area contributed by atoms with E-state index < -0.39 is 0 Å². The van der Waals surface area contributed by atoms with Gasteiger partial charge in [0.15, 0.2) is 5.65 Å². The molecule has 0 fully saturated rings. The molecular formula is C13H13N5O. The van der Waals surface area contributed by atoms with Gasteiger partial charge in [0.05, 0.1) is 6.33 Å². The number of benzene rings is 1. The first-order chi connectivity index (χ1) is 9.24. The van der Waals surface area contributed by atoms with Crippen molar-refractivity contribution in [3.63, 3.8) is 0 Å². The number of hydrogen-bond donors (Lipinski definition) is 2. The number of anilines is 1. The smallest absolute Gasteiger partial charge is 0.245 e. The number of nitrogens with two attached hydrogens (primary N) is 1. The van der Waals surface area contributed by atoms with E-state index in [4.69, 9.17) is 10.5 Å². The summed E-state index contributed by atoms with van der Waals surface area (Å²) in [5.74, 6) is 0.561. The van der Waals surface area contributed by atoms with Crippen LogP contribution in [0.2, 0.25) is 0 Å². The Hall–Kier alpha value is -2.63. The monoisotopic (exact) mass is 255 g/mol. The molecule has 19 heavy (non-hydrogen) atoms. The summed E-state index contributed by atoms with van der Waals surface area (Å²) in [6.45, 7) is 1.95. The van der Waals surface area contributed by atoms with E-state index in [0.29, 0.717) is 17.0 Å². The fraction of sp³-hybridized carbons (Fsp3) is 0.154. The van der Waals surface area contributed by atoms with Gasteiger partial charge in [0.1, 0.15) is 11.6 Å². The van der Waals surface area contributed by atoms with Crippen molar-refractivity contribution in [3.05, 3.63) is 42.2 Å². The van der Waals surface area contributed by atoms with Gasteiger partial charge >= 0.3 is 0 Å². The van der Waals surface area contributed by atoms with Gasteiger partial charge in [0, 0.05) is 0 Å². The first-order valence-electron chi connectivity index (χ1n) is 5.92. The van der Waals surface area contributed by atoms with Gasteiger partial charge in [0.2, 0.25) is 11.8 Å². The van der Waals surface area contributed by atoms with E-state index in [1.165, 1.54) is 0 Å². The van der Waals surface area contributed by atoms with Crippen LogP contribution in [0.15, 0.2) is 36.7 Å². The topological polar surface area (TPSA) is 89.7 Å². The predicted molar refractivity (Wildman–Crippen MR) is 71.6 cm³/mol. The highest BCUT2D eigenvalue weighted by Crippen LogP contribution is 2.25. The Bertz CT molecular complexity index is 695. The molecule has 0 bridgehead atoms. The van der Waals surface area contributed by atoms with E-state index >= 15 is 0 Å². The summed E-state index contributed by atoms with van der Waals surface area (Å²) in [7, 11) is 0. The Morgan fingerprint density at radius 1 is 1.21 bits per heavy atom.